The van der Waals surface area contributed by atoms with Crippen LogP contribution in [0.2, 0.25) is 0 Å². The van der Waals surface area contributed by atoms with Gasteiger partial charge in [0.25, 0.3) is 0 Å². The Kier molecular flexibility index (Phi) is 17.8. The molecule has 0 aromatic carbocycles. The third-order valence-corrected chi connectivity index (χ3v) is 9.44. The first-order valence-corrected chi connectivity index (χ1v) is 18.5. The summed E-state index contributed by atoms with van der Waals surface area (Å²) in [5, 5.41) is 42.9. The maximum Gasteiger partial charge on any atom is 0.360 e. The summed E-state index contributed by atoms with van der Waals surface area (Å²) >= 11 is 0. The van der Waals surface area contributed by atoms with Gasteiger partial charge in [-0.15, -0.1) is 0 Å². The fourth-order valence-corrected chi connectivity index (χ4v) is 5.47. The van der Waals surface area contributed by atoms with E-state index in [0.29, 0.717) is 0 Å². The number of aliphatic hydroxyl groups excluding tert-OH is 4. The Morgan fingerprint density at radius 1 is 0.732 bits per heavy atom. The molecule has 13 heteroatoms. The highest BCUT2D eigenvalue weighted by Gasteiger charge is 2.39. The topological polar surface area (TPSA) is 195 Å². The zero-order valence-electron chi connectivity index (χ0n) is 33.1. The van der Waals surface area contributed by atoms with E-state index >= 15 is 0 Å². The van der Waals surface area contributed by atoms with Crippen LogP contribution in [0.3, 0.4) is 0 Å². The lowest BCUT2D eigenvalue weighted by Crippen LogP contribution is -2.42. The summed E-state index contributed by atoms with van der Waals surface area (Å²) in [6.45, 7) is 10.7. The summed E-state index contributed by atoms with van der Waals surface area (Å²) in [4.78, 5) is 35.0. The molecule has 1 aliphatic rings. The minimum Gasteiger partial charge on any atom is -0.457 e. The molecule has 5 unspecified atom stereocenters. The van der Waals surface area contributed by atoms with Gasteiger partial charge in [-0.3, -0.25) is 0 Å². The van der Waals surface area contributed by atoms with E-state index < -0.39 is 65.5 Å². The van der Waals surface area contributed by atoms with Crippen molar-refractivity contribution >= 4 is 18.0 Å². The van der Waals surface area contributed by atoms with Crippen molar-refractivity contribution in [1.82, 2.24) is 9.97 Å². The molecule has 2 aromatic heterocycles. The molecule has 4 bridgehead atoms. The third kappa shape index (κ3) is 13.4. The SMILES string of the molecule is C/C=C/C(O)C(C)(C)C1C\C=C/C=C\C=C\C(OC)Cc2nc(co2)C(=O)OC(C(C)(C)C(O)/C=C/C)C/C=C\[C@H](O)[C@@H](O)/C=C/C=C\c2nc(co2)C(=O)O1. The standard InChI is InChI=1S/C43H56N2O11/c1-8-18-34(48)42(3,4)36-23-14-12-10-11-13-20-29(52-7)26-39-45-31(28-54-39)41(51)56-37(43(5,6)35(49)19-9-2)24-17-22-33(47)32(46)21-15-16-25-38-44-30(27-53-38)40(50)55-36/h8-22,25,27-29,32-37,46-49H,23-24,26H2,1-7H3/b11-10-,14-12-,18-8+,19-9+,20-13+,21-15+,22-17-,25-16-/t29?,32-,33-,34?,35?,36?,37?/m0/s1. The normalized spacial score (nSPS) is 27.4. The van der Waals surface area contributed by atoms with Gasteiger partial charge in [-0.25, -0.2) is 19.6 Å². The molecule has 3 rings (SSSR count). The number of rotatable bonds is 7. The van der Waals surface area contributed by atoms with Crippen molar-refractivity contribution in [2.24, 2.45) is 10.8 Å². The van der Waals surface area contributed by atoms with Gasteiger partial charge in [0.15, 0.2) is 17.3 Å². The molecule has 0 amide bonds. The second-order valence-electron chi connectivity index (χ2n) is 14.4. The van der Waals surface area contributed by atoms with Gasteiger partial charge in [-0.2, -0.15) is 0 Å². The largest absolute Gasteiger partial charge is 0.457 e. The molecule has 7 atom stereocenters. The number of fused-ring (bicyclic) bond motifs is 4. The highest BCUT2D eigenvalue weighted by Crippen LogP contribution is 2.33. The first-order chi connectivity index (χ1) is 26.6. The molecular weight excluding hydrogens is 720 g/mol. The molecule has 56 heavy (non-hydrogen) atoms. The van der Waals surface area contributed by atoms with Gasteiger partial charge in [0.2, 0.25) is 5.89 Å². The van der Waals surface area contributed by atoms with Gasteiger partial charge < -0.3 is 43.5 Å². The molecule has 3 heterocycles. The summed E-state index contributed by atoms with van der Waals surface area (Å²) in [6, 6.07) is 0. The van der Waals surface area contributed by atoms with Crippen LogP contribution in [0.25, 0.3) is 6.08 Å². The minimum absolute atomic E-state index is 0.0613. The smallest absolute Gasteiger partial charge is 0.360 e. The van der Waals surface area contributed by atoms with E-state index in [1.165, 1.54) is 50.0 Å². The van der Waals surface area contributed by atoms with Crippen molar-refractivity contribution in [1.29, 1.82) is 0 Å². The average Bonchev–Trinajstić information content (AvgIpc) is 3.84. The van der Waals surface area contributed by atoms with Crippen LogP contribution in [-0.4, -0.2) is 92.2 Å². The Labute approximate surface area is 328 Å². The molecule has 304 valence electrons. The predicted molar refractivity (Wildman–Crippen MR) is 211 cm³/mol. The monoisotopic (exact) mass is 776 g/mol. The highest BCUT2D eigenvalue weighted by atomic mass is 16.6. The number of hydrogen-bond acceptors (Lipinski definition) is 13. The van der Waals surface area contributed by atoms with E-state index in [9.17, 15) is 30.0 Å². The zero-order chi connectivity index (χ0) is 41.3. The fraction of sp³-hybridized carbons (Fsp3) is 0.442. The summed E-state index contributed by atoms with van der Waals surface area (Å²) in [5.74, 6) is -1.15. The Bertz CT molecular complexity index is 1790. The first-order valence-electron chi connectivity index (χ1n) is 18.5. The van der Waals surface area contributed by atoms with Gasteiger partial charge >= 0.3 is 11.9 Å². The number of cyclic esters (lactones) is 2. The number of allylic oxidation sites excluding steroid dienone is 8. The minimum atomic E-state index is -1.32. The van der Waals surface area contributed by atoms with Crippen LogP contribution in [0.4, 0.5) is 0 Å². The van der Waals surface area contributed by atoms with Crippen molar-refractivity contribution in [3.8, 4) is 0 Å². The number of oxazole rings is 2. The summed E-state index contributed by atoms with van der Waals surface area (Å²) in [5.41, 5.74) is -1.97. The Hall–Kier alpha value is -4.92. The lowest BCUT2D eigenvalue weighted by molar-refractivity contribution is -0.0462. The van der Waals surface area contributed by atoms with Crippen LogP contribution in [0.15, 0.2) is 113 Å². The maximum absolute atomic E-state index is 13.3. The quantitative estimate of drug-likeness (QED) is 0.183. The van der Waals surface area contributed by atoms with Crippen LogP contribution in [-0.2, 0) is 20.6 Å². The molecule has 0 aliphatic carbocycles. The van der Waals surface area contributed by atoms with E-state index in [-0.39, 0.29) is 42.4 Å². The molecule has 0 spiro atoms. The zero-order valence-corrected chi connectivity index (χ0v) is 33.1. The van der Waals surface area contributed by atoms with E-state index in [1.807, 2.05) is 6.08 Å². The van der Waals surface area contributed by atoms with Crippen molar-refractivity contribution in [2.45, 2.75) is 104 Å². The predicted octanol–water partition coefficient (Wildman–Crippen LogP) is 6.21. The van der Waals surface area contributed by atoms with Crippen LogP contribution in [0.5, 0.6) is 0 Å². The number of aliphatic hydroxyl groups is 4. The molecule has 2 aromatic rings. The van der Waals surface area contributed by atoms with Crippen molar-refractivity contribution in [3.63, 3.8) is 0 Å². The van der Waals surface area contributed by atoms with E-state index in [4.69, 9.17) is 23.0 Å². The van der Waals surface area contributed by atoms with Gasteiger partial charge in [0, 0.05) is 36.9 Å². The molecular formula is C43H56N2O11. The van der Waals surface area contributed by atoms with Crippen molar-refractivity contribution in [2.75, 3.05) is 7.11 Å². The number of carbonyl (C=O) groups excluding carboxylic acids is 2. The number of esters is 2. The van der Waals surface area contributed by atoms with Crippen molar-refractivity contribution < 1.29 is 53.1 Å². The van der Waals surface area contributed by atoms with Crippen molar-refractivity contribution in [3.05, 3.63) is 127 Å². The Morgan fingerprint density at radius 3 is 1.88 bits per heavy atom. The number of hydrogen-bond donors (Lipinski definition) is 4. The second-order valence-corrected chi connectivity index (χ2v) is 14.4. The van der Waals surface area contributed by atoms with Gasteiger partial charge in [0.05, 0.1) is 24.7 Å². The van der Waals surface area contributed by atoms with E-state index in [0.717, 1.165) is 0 Å². The Balaban J connectivity index is 1.93. The number of ether oxygens (including phenoxy) is 3. The number of aromatic nitrogens is 2. The molecule has 0 fully saturated rings. The molecule has 0 saturated heterocycles. The Morgan fingerprint density at radius 2 is 1.27 bits per heavy atom. The molecule has 0 saturated carbocycles. The molecule has 4 N–H and O–H groups in total. The van der Waals surface area contributed by atoms with Gasteiger partial charge in [0.1, 0.15) is 36.9 Å². The summed E-state index contributed by atoms with van der Waals surface area (Å²) in [6.07, 6.45) is 22.5. The van der Waals surface area contributed by atoms with Crippen LogP contribution >= 0.6 is 0 Å². The third-order valence-electron chi connectivity index (χ3n) is 9.44. The highest BCUT2D eigenvalue weighted by molar-refractivity contribution is 5.87. The lowest BCUT2D eigenvalue weighted by Gasteiger charge is -2.36. The average molecular weight is 777 g/mol. The number of carbonyl (C=O) groups is 2. The number of methoxy groups -OCH3 is 1. The molecule has 0 radical (unpaired) electrons. The summed E-state index contributed by atoms with van der Waals surface area (Å²) in [7, 11) is 1.53. The van der Waals surface area contributed by atoms with Crippen LogP contribution in [0.1, 0.15) is 87.1 Å². The molecule has 13 nitrogen and oxygen atoms in total. The second kappa shape index (κ2) is 22.0. The maximum atomic E-state index is 13.3. The van der Waals surface area contributed by atoms with E-state index in [2.05, 4.69) is 9.97 Å². The lowest BCUT2D eigenvalue weighted by atomic mass is 9.79. The first kappa shape index (κ1) is 45.5. The number of nitrogens with zero attached hydrogens (tertiary/aromatic N) is 2. The molecule has 1 aliphatic heterocycles. The van der Waals surface area contributed by atoms with Crippen LogP contribution in [0, 0.1) is 10.8 Å². The van der Waals surface area contributed by atoms with Gasteiger partial charge in [-0.05, 0) is 13.8 Å². The van der Waals surface area contributed by atoms with E-state index in [1.54, 1.807) is 102 Å². The van der Waals surface area contributed by atoms with Gasteiger partial charge in [-0.1, -0.05) is 119 Å². The summed E-state index contributed by atoms with van der Waals surface area (Å²) < 4.78 is 28.3. The van der Waals surface area contributed by atoms with Crippen LogP contribution < -0.4 is 0 Å². The fourth-order valence-electron chi connectivity index (χ4n) is 5.47.